The largest absolute Gasteiger partial charge is 0.573 e. The molecule has 9 heteroatoms. The molecule has 6 nitrogen and oxygen atoms in total. The third-order valence-electron chi connectivity index (χ3n) is 2.28. The minimum absolute atomic E-state index is 0.178. The Morgan fingerprint density at radius 3 is 2.30 bits per heavy atom. The van der Waals surface area contributed by atoms with Gasteiger partial charge in [0.05, 0.1) is 5.69 Å². The first-order valence-electron chi connectivity index (χ1n) is 5.18. The van der Waals surface area contributed by atoms with E-state index >= 15 is 0 Å². The Balaban J connectivity index is 2.31. The highest BCUT2D eigenvalue weighted by Crippen LogP contribution is 2.23. The molecule has 0 saturated heterocycles. The van der Waals surface area contributed by atoms with Crippen LogP contribution in [0.3, 0.4) is 0 Å². The summed E-state index contributed by atoms with van der Waals surface area (Å²) in [4.78, 5) is 22.2. The summed E-state index contributed by atoms with van der Waals surface area (Å²) >= 11 is 0. The van der Waals surface area contributed by atoms with Crippen molar-refractivity contribution in [2.75, 3.05) is 0 Å². The van der Waals surface area contributed by atoms with Gasteiger partial charge in [-0.1, -0.05) is 0 Å². The number of carboxylic acids is 1. The van der Waals surface area contributed by atoms with Gasteiger partial charge in [-0.2, -0.15) is 0 Å². The number of ether oxygens (including phenoxy) is 1. The molecule has 1 aromatic carbocycles. The van der Waals surface area contributed by atoms with Crippen LogP contribution in [0.15, 0.2) is 35.1 Å². The smallest absolute Gasteiger partial charge is 0.477 e. The standard InChI is InChI=1S/C11H7F3N2O4/c12-11(13,14)20-7-3-1-6(2-4-7)16-9(17)5-8(15-16)10(18)19/h1-5,15H,(H,18,19). The Labute approximate surface area is 109 Å². The molecule has 20 heavy (non-hydrogen) atoms. The molecule has 2 aromatic rings. The number of hydrogen-bond acceptors (Lipinski definition) is 3. The number of halogens is 3. The summed E-state index contributed by atoms with van der Waals surface area (Å²) in [6.45, 7) is 0. The summed E-state index contributed by atoms with van der Waals surface area (Å²) in [6.07, 6.45) is -4.80. The highest BCUT2D eigenvalue weighted by molar-refractivity contribution is 5.85. The van der Waals surface area contributed by atoms with E-state index in [1.165, 1.54) is 12.1 Å². The van der Waals surface area contributed by atoms with Gasteiger partial charge in [-0.25, -0.2) is 9.48 Å². The quantitative estimate of drug-likeness (QED) is 0.901. The zero-order valence-corrected chi connectivity index (χ0v) is 9.64. The fourth-order valence-electron chi connectivity index (χ4n) is 1.49. The van der Waals surface area contributed by atoms with E-state index < -0.39 is 23.6 Å². The van der Waals surface area contributed by atoms with Crippen molar-refractivity contribution < 1.29 is 27.8 Å². The maximum atomic E-state index is 12.0. The first-order chi connectivity index (χ1) is 9.26. The lowest BCUT2D eigenvalue weighted by Crippen LogP contribution is -2.17. The van der Waals surface area contributed by atoms with E-state index in [1.807, 2.05) is 0 Å². The van der Waals surface area contributed by atoms with Crippen LogP contribution in [0, 0.1) is 0 Å². The number of alkyl halides is 3. The normalized spacial score (nSPS) is 11.3. The zero-order valence-electron chi connectivity index (χ0n) is 9.64. The highest BCUT2D eigenvalue weighted by Gasteiger charge is 2.31. The Bertz CT molecular complexity index is 685. The van der Waals surface area contributed by atoms with Crippen molar-refractivity contribution in [1.82, 2.24) is 9.78 Å². The van der Waals surface area contributed by atoms with Crippen LogP contribution >= 0.6 is 0 Å². The molecule has 1 heterocycles. The molecule has 1 aromatic heterocycles. The van der Waals surface area contributed by atoms with Crippen molar-refractivity contribution in [3.8, 4) is 11.4 Å². The fraction of sp³-hybridized carbons (Fsp3) is 0.0909. The van der Waals surface area contributed by atoms with E-state index in [4.69, 9.17) is 5.11 Å². The Morgan fingerprint density at radius 1 is 1.25 bits per heavy atom. The molecule has 0 atom stereocenters. The molecule has 106 valence electrons. The van der Waals surface area contributed by atoms with Crippen LogP contribution in [0.1, 0.15) is 10.5 Å². The van der Waals surface area contributed by atoms with Crippen molar-refractivity contribution in [2.24, 2.45) is 0 Å². The lowest BCUT2D eigenvalue weighted by Gasteiger charge is -2.09. The molecule has 0 aliphatic carbocycles. The monoisotopic (exact) mass is 288 g/mol. The molecule has 0 bridgehead atoms. The van der Waals surface area contributed by atoms with Gasteiger partial charge >= 0.3 is 12.3 Å². The summed E-state index contributed by atoms with van der Waals surface area (Å²) in [5.41, 5.74) is -0.797. The maximum Gasteiger partial charge on any atom is 0.573 e. The van der Waals surface area contributed by atoms with Crippen LogP contribution in [-0.2, 0) is 0 Å². The number of aromatic amines is 1. The molecule has 0 aliphatic rings. The number of nitrogens with one attached hydrogen (secondary N) is 1. The highest BCUT2D eigenvalue weighted by atomic mass is 19.4. The first-order valence-corrected chi connectivity index (χ1v) is 5.18. The lowest BCUT2D eigenvalue weighted by atomic mass is 10.3. The van der Waals surface area contributed by atoms with E-state index in [1.54, 1.807) is 0 Å². The second-order valence-electron chi connectivity index (χ2n) is 3.69. The summed E-state index contributed by atoms with van der Waals surface area (Å²) in [5, 5.41) is 11.0. The van der Waals surface area contributed by atoms with Gasteiger partial charge in [0.2, 0.25) is 0 Å². The number of aromatic nitrogens is 2. The van der Waals surface area contributed by atoms with Crippen LogP contribution < -0.4 is 10.3 Å². The SMILES string of the molecule is O=C(O)c1cc(=O)n(-c2ccc(OC(F)(F)F)cc2)[nH]1. The Kier molecular flexibility index (Phi) is 3.26. The van der Waals surface area contributed by atoms with E-state index in [9.17, 15) is 22.8 Å². The minimum atomic E-state index is -4.80. The van der Waals surface area contributed by atoms with Gasteiger partial charge in [0.25, 0.3) is 5.56 Å². The molecule has 0 radical (unpaired) electrons. The molecule has 0 aliphatic heterocycles. The number of hydrogen-bond donors (Lipinski definition) is 2. The van der Waals surface area contributed by atoms with Crippen molar-refractivity contribution in [2.45, 2.75) is 6.36 Å². The molecule has 2 rings (SSSR count). The average Bonchev–Trinajstić information content (AvgIpc) is 2.70. The van der Waals surface area contributed by atoms with Gasteiger partial charge in [0, 0.05) is 6.07 Å². The summed E-state index contributed by atoms with van der Waals surface area (Å²) in [6, 6.07) is 5.25. The number of carboxylic acid groups (broad SMARTS) is 1. The van der Waals surface area contributed by atoms with E-state index in [0.717, 1.165) is 22.9 Å². The molecular formula is C11H7F3N2O4. The van der Waals surface area contributed by atoms with Crippen LogP contribution in [0.2, 0.25) is 0 Å². The minimum Gasteiger partial charge on any atom is -0.477 e. The Morgan fingerprint density at radius 2 is 1.85 bits per heavy atom. The zero-order chi connectivity index (χ0) is 14.9. The molecular weight excluding hydrogens is 281 g/mol. The van der Waals surface area contributed by atoms with Crippen LogP contribution in [-0.4, -0.2) is 27.2 Å². The summed E-state index contributed by atoms with van der Waals surface area (Å²) in [5.74, 6) is -1.77. The second kappa shape index (κ2) is 4.76. The van der Waals surface area contributed by atoms with Crippen LogP contribution in [0.5, 0.6) is 5.75 Å². The Hall–Kier alpha value is -2.71. The third-order valence-corrected chi connectivity index (χ3v) is 2.28. The van der Waals surface area contributed by atoms with Crippen LogP contribution in [0.4, 0.5) is 13.2 Å². The maximum absolute atomic E-state index is 12.0. The van der Waals surface area contributed by atoms with Crippen LogP contribution in [0.25, 0.3) is 5.69 Å². The van der Waals surface area contributed by atoms with Crippen molar-refractivity contribution >= 4 is 5.97 Å². The number of H-pyrrole nitrogens is 1. The van der Waals surface area contributed by atoms with Gasteiger partial charge in [-0.3, -0.25) is 9.89 Å². The fourth-order valence-corrected chi connectivity index (χ4v) is 1.49. The number of benzene rings is 1. The topological polar surface area (TPSA) is 84.3 Å². The van der Waals surface area contributed by atoms with E-state index in [2.05, 4.69) is 9.84 Å². The number of aromatic carboxylic acids is 1. The molecule has 0 spiro atoms. The van der Waals surface area contributed by atoms with Crippen molar-refractivity contribution in [3.63, 3.8) is 0 Å². The van der Waals surface area contributed by atoms with E-state index in [-0.39, 0.29) is 11.4 Å². The summed E-state index contributed by atoms with van der Waals surface area (Å²) < 4.78 is 40.5. The molecule has 0 unspecified atom stereocenters. The molecule has 0 fully saturated rings. The molecule has 0 amide bonds. The number of carbonyl (C=O) groups is 1. The predicted molar refractivity (Wildman–Crippen MR) is 60.0 cm³/mol. The van der Waals surface area contributed by atoms with Gasteiger partial charge < -0.3 is 9.84 Å². The average molecular weight is 288 g/mol. The second-order valence-corrected chi connectivity index (χ2v) is 3.69. The van der Waals surface area contributed by atoms with Crippen molar-refractivity contribution in [1.29, 1.82) is 0 Å². The van der Waals surface area contributed by atoms with Gasteiger partial charge in [0.15, 0.2) is 0 Å². The lowest BCUT2D eigenvalue weighted by molar-refractivity contribution is -0.274. The van der Waals surface area contributed by atoms with Gasteiger partial charge in [-0.15, -0.1) is 13.2 Å². The molecule has 2 N–H and O–H groups in total. The number of nitrogens with zero attached hydrogens (tertiary/aromatic N) is 1. The summed E-state index contributed by atoms with van der Waals surface area (Å²) in [7, 11) is 0. The number of rotatable bonds is 3. The van der Waals surface area contributed by atoms with Gasteiger partial charge in [0.1, 0.15) is 11.4 Å². The van der Waals surface area contributed by atoms with Crippen molar-refractivity contribution in [3.05, 3.63) is 46.4 Å². The van der Waals surface area contributed by atoms with E-state index in [0.29, 0.717) is 0 Å². The first kappa shape index (κ1) is 13.7. The third kappa shape index (κ3) is 2.99. The molecule has 0 saturated carbocycles. The van der Waals surface area contributed by atoms with Gasteiger partial charge in [-0.05, 0) is 24.3 Å². The predicted octanol–water partition coefficient (Wildman–Crippen LogP) is 1.76.